The van der Waals surface area contributed by atoms with Gasteiger partial charge in [0, 0.05) is 18.9 Å². The molecule has 0 aliphatic rings. The van der Waals surface area contributed by atoms with Gasteiger partial charge in [-0.3, -0.25) is 4.79 Å². The first-order valence-electron chi connectivity index (χ1n) is 4.81. The quantitative estimate of drug-likeness (QED) is 0.799. The minimum absolute atomic E-state index is 0.0825. The highest BCUT2D eigenvalue weighted by molar-refractivity contribution is 9.09. The van der Waals surface area contributed by atoms with Crippen LogP contribution < -0.4 is 0 Å². The van der Waals surface area contributed by atoms with E-state index in [4.69, 9.17) is 0 Å². The third-order valence-electron chi connectivity index (χ3n) is 2.07. The Kier molecular flexibility index (Phi) is 4.73. The number of carbonyl (C=O) groups excluding carboxylic acids is 1. The van der Waals surface area contributed by atoms with E-state index in [1.807, 2.05) is 20.9 Å². The second kappa shape index (κ2) is 5.61. The standard InChI is InChI=1S/C10H15BrN2OS/c1-7-9(15-8(2)12-7)10(14)13(3)6-4-5-11/h4-6H2,1-3H3. The molecular formula is C10H15BrN2OS. The number of aromatic nitrogens is 1. The summed E-state index contributed by atoms with van der Waals surface area (Å²) in [7, 11) is 1.83. The van der Waals surface area contributed by atoms with E-state index >= 15 is 0 Å². The number of nitrogens with zero attached hydrogens (tertiary/aromatic N) is 2. The topological polar surface area (TPSA) is 33.2 Å². The number of alkyl halides is 1. The molecule has 0 fully saturated rings. The molecule has 0 spiro atoms. The Labute approximate surface area is 103 Å². The van der Waals surface area contributed by atoms with E-state index in [0.717, 1.165) is 33.9 Å². The molecule has 0 saturated heterocycles. The maximum Gasteiger partial charge on any atom is 0.265 e. The lowest BCUT2D eigenvalue weighted by Gasteiger charge is -2.15. The first-order chi connectivity index (χ1) is 7.06. The Morgan fingerprint density at radius 2 is 2.20 bits per heavy atom. The van der Waals surface area contributed by atoms with Gasteiger partial charge in [0.25, 0.3) is 5.91 Å². The van der Waals surface area contributed by atoms with Gasteiger partial charge < -0.3 is 4.90 Å². The molecule has 84 valence electrons. The van der Waals surface area contributed by atoms with Gasteiger partial charge in [0.1, 0.15) is 4.88 Å². The number of carbonyl (C=O) groups is 1. The van der Waals surface area contributed by atoms with Crippen molar-refractivity contribution in [2.45, 2.75) is 20.3 Å². The zero-order valence-corrected chi connectivity index (χ0v) is 11.6. The summed E-state index contributed by atoms with van der Waals surface area (Å²) in [4.78, 5) is 18.7. The molecule has 0 aromatic carbocycles. The highest BCUT2D eigenvalue weighted by Gasteiger charge is 2.17. The molecule has 1 rings (SSSR count). The van der Waals surface area contributed by atoms with E-state index in [-0.39, 0.29) is 5.91 Å². The number of amides is 1. The summed E-state index contributed by atoms with van der Waals surface area (Å²) in [5, 5.41) is 1.87. The summed E-state index contributed by atoms with van der Waals surface area (Å²) in [5.41, 5.74) is 0.841. The van der Waals surface area contributed by atoms with Gasteiger partial charge >= 0.3 is 0 Å². The molecule has 0 atom stereocenters. The van der Waals surface area contributed by atoms with Crippen LogP contribution in [0.15, 0.2) is 0 Å². The van der Waals surface area contributed by atoms with Gasteiger partial charge in [-0.25, -0.2) is 4.98 Å². The van der Waals surface area contributed by atoms with Gasteiger partial charge in [-0.15, -0.1) is 11.3 Å². The van der Waals surface area contributed by atoms with Crippen molar-refractivity contribution in [3.05, 3.63) is 15.6 Å². The fourth-order valence-corrected chi connectivity index (χ4v) is 2.47. The van der Waals surface area contributed by atoms with E-state index in [1.54, 1.807) is 4.90 Å². The summed E-state index contributed by atoms with van der Waals surface area (Å²) in [6.45, 7) is 4.59. The monoisotopic (exact) mass is 290 g/mol. The summed E-state index contributed by atoms with van der Waals surface area (Å²) < 4.78 is 0. The highest BCUT2D eigenvalue weighted by atomic mass is 79.9. The Hall–Kier alpha value is -0.420. The SMILES string of the molecule is Cc1nc(C)c(C(=O)N(C)CCCBr)s1. The molecule has 0 N–H and O–H groups in total. The van der Waals surface area contributed by atoms with Gasteiger partial charge in [-0.05, 0) is 20.3 Å². The lowest BCUT2D eigenvalue weighted by molar-refractivity contribution is 0.0799. The van der Waals surface area contributed by atoms with Crippen molar-refractivity contribution in [1.82, 2.24) is 9.88 Å². The number of thiazole rings is 1. The predicted molar refractivity (Wildman–Crippen MR) is 67.0 cm³/mol. The summed E-state index contributed by atoms with van der Waals surface area (Å²) in [6, 6.07) is 0. The van der Waals surface area contributed by atoms with Crippen LogP contribution in [-0.4, -0.2) is 34.7 Å². The number of hydrogen-bond donors (Lipinski definition) is 0. The lowest BCUT2D eigenvalue weighted by atomic mass is 10.3. The van der Waals surface area contributed by atoms with Crippen LogP contribution in [0.25, 0.3) is 0 Å². The Morgan fingerprint density at radius 1 is 1.53 bits per heavy atom. The van der Waals surface area contributed by atoms with E-state index < -0.39 is 0 Å². The van der Waals surface area contributed by atoms with Crippen molar-refractivity contribution in [3.8, 4) is 0 Å². The molecule has 1 amide bonds. The smallest absolute Gasteiger partial charge is 0.265 e. The molecule has 1 aromatic rings. The highest BCUT2D eigenvalue weighted by Crippen LogP contribution is 2.18. The lowest BCUT2D eigenvalue weighted by Crippen LogP contribution is -2.27. The van der Waals surface area contributed by atoms with Gasteiger partial charge in [-0.2, -0.15) is 0 Å². The van der Waals surface area contributed by atoms with Crippen LogP contribution in [0.1, 0.15) is 26.8 Å². The first-order valence-corrected chi connectivity index (χ1v) is 6.75. The molecule has 0 aliphatic heterocycles. The van der Waals surface area contributed by atoms with Gasteiger partial charge in [0.15, 0.2) is 0 Å². The molecule has 3 nitrogen and oxygen atoms in total. The third-order valence-corrected chi connectivity index (χ3v) is 3.69. The predicted octanol–water partition coefficient (Wildman–Crippen LogP) is 2.62. The normalized spacial score (nSPS) is 10.4. The number of rotatable bonds is 4. The number of hydrogen-bond acceptors (Lipinski definition) is 3. The zero-order chi connectivity index (χ0) is 11.4. The van der Waals surface area contributed by atoms with Gasteiger partial charge in [0.2, 0.25) is 0 Å². The maximum absolute atomic E-state index is 12.0. The van der Waals surface area contributed by atoms with Crippen LogP contribution in [0.2, 0.25) is 0 Å². The number of halogens is 1. The van der Waals surface area contributed by atoms with Crippen LogP contribution in [-0.2, 0) is 0 Å². The van der Waals surface area contributed by atoms with Crippen molar-refractivity contribution < 1.29 is 4.79 Å². The van der Waals surface area contributed by atoms with Crippen molar-refractivity contribution in [3.63, 3.8) is 0 Å². The fraction of sp³-hybridized carbons (Fsp3) is 0.600. The second-order valence-corrected chi connectivity index (χ2v) is 5.41. The first kappa shape index (κ1) is 12.6. The molecule has 0 aliphatic carbocycles. The van der Waals surface area contributed by atoms with E-state index in [0.29, 0.717) is 0 Å². The Morgan fingerprint density at radius 3 is 2.67 bits per heavy atom. The van der Waals surface area contributed by atoms with Crippen LogP contribution in [0.5, 0.6) is 0 Å². The molecule has 15 heavy (non-hydrogen) atoms. The van der Waals surface area contributed by atoms with Gasteiger partial charge in [0.05, 0.1) is 10.7 Å². The number of aryl methyl sites for hydroxylation is 2. The van der Waals surface area contributed by atoms with Crippen molar-refractivity contribution in [2.75, 3.05) is 18.9 Å². The summed E-state index contributed by atoms with van der Waals surface area (Å²) in [5.74, 6) is 0.0825. The largest absolute Gasteiger partial charge is 0.341 e. The van der Waals surface area contributed by atoms with Crippen LogP contribution in [0.3, 0.4) is 0 Å². The molecule has 0 unspecified atom stereocenters. The fourth-order valence-electron chi connectivity index (χ4n) is 1.30. The molecule has 0 radical (unpaired) electrons. The average molecular weight is 291 g/mol. The minimum Gasteiger partial charge on any atom is -0.341 e. The molecule has 0 saturated carbocycles. The second-order valence-electron chi connectivity index (χ2n) is 3.42. The average Bonchev–Trinajstić information content (AvgIpc) is 2.53. The zero-order valence-electron chi connectivity index (χ0n) is 9.21. The van der Waals surface area contributed by atoms with Crippen LogP contribution in [0, 0.1) is 13.8 Å². The Balaban J connectivity index is 2.71. The van der Waals surface area contributed by atoms with E-state index in [1.165, 1.54) is 11.3 Å². The van der Waals surface area contributed by atoms with Gasteiger partial charge in [-0.1, -0.05) is 15.9 Å². The molecule has 5 heteroatoms. The molecule has 1 aromatic heterocycles. The van der Waals surface area contributed by atoms with Crippen molar-refractivity contribution in [1.29, 1.82) is 0 Å². The van der Waals surface area contributed by atoms with Crippen molar-refractivity contribution in [2.24, 2.45) is 0 Å². The molecular weight excluding hydrogens is 276 g/mol. The van der Waals surface area contributed by atoms with Crippen LogP contribution in [0.4, 0.5) is 0 Å². The maximum atomic E-state index is 12.0. The molecule has 1 heterocycles. The third kappa shape index (κ3) is 3.28. The summed E-state index contributed by atoms with van der Waals surface area (Å²) >= 11 is 4.82. The Bertz CT molecular complexity index is 351. The van der Waals surface area contributed by atoms with E-state index in [2.05, 4.69) is 20.9 Å². The summed E-state index contributed by atoms with van der Waals surface area (Å²) in [6.07, 6.45) is 0.971. The van der Waals surface area contributed by atoms with E-state index in [9.17, 15) is 4.79 Å². The van der Waals surface area contributed by atoms with Crippen LogP contribution >= 0.6 is 27.3 Å². The minimum atomic E-state index is 0.0825. The molecule has 0 bridgehead atoms. The van der Waals surface area contributed by atoms with Crippen molar-refractivity contribution >= 4 is 33.2 Å².